The normalized spacial score (nSPS) is 19.2. The highest BCUT2D eigenvalue weighted by Crippen LogP contribution is 2.27. The van der Waals surface area contributed by atoms with Crippen LogP contribution in [-0.2, 0) is 4.79 Å². The van der Waals surface area contributed by atoms with E-state index in [9.17, 15) is 13.6 Å². The molecule has 1 atom stereocenters. The summed E-state index contributed by atoms with van der Waals surface area (Å²) >= 11 is 0. The SMILES string of the molecule is O=C(C1CCCN(c2ccc3[nH]c(-c4cccc(OC(F)F)n4)nc3n2)C1)N1CCCC1. The van der Waals surface area contributed by atoms with E-state index in [0.29, 0.717) is 29.2 Å². The van der Waals surface area contributed by atoms with Crippen molar-refractivity contribution < 1.29 is 18.3 Å². The van der Waals surface area contributed by atoms with Gasteiger partial charge in [-0.05, 0) is 43.9 Å². The third-order valence-electron chi connectivity index (χ3n) is 6.02. The van der Waals surface area contributed by atoms with Crippen molar-refractivity contribution >= 4 is 22.9 Å². The molecule has 1 N–H and O–H groups in total. The predicted octanol–water partition coefficient (Wildman–Crippen LogP) is 3.46. The van der Waals surface area contributed by atoms with Crippen molar-refractivity contribution in [3.63, 3.8) is 0 Å². The van der Waals surface area contributed by atoms with Crippen LogP contribution in [0.4, 0.5) is 14.6 Å². The number of pyridine rings is 2. The maximum atomic E-state index is 12.8. The number of hydrogen-bond donors (Lipinski definition) is 1. The molecule has 2 fully saturated rings. The fourth-order valence-electron chi connectivity index (χ4n) is 4.47. The minimum atomic E-state index is -2.94. The second kappa shape index (κ2) is 8.68. The first kappa shape index (κ1) is 20.6. The molecule has 2 aliphatic rings. The van der Waals surface area contributed by atoms with Gasteiger partial charge in [-0.15, -0.1) is 0 Å². The number of hydrogen-bond acceptors (Lipinski definition) is 6. The summed E-state index contributed by atoms with van der Waals surface area (Å²) in [6, 6.07) is 8.41. The second-order valence-electron chi connectivity index (χ2n) is 8.18. The fraction of sp³-hybridized carbons (Fsp3) is 0.455. The van der Waals surface area contributed by atoms with Gasteiger partial charge in [0.25, 0.3) is 0 Å². The molecule has 1 unspecified atom stereocenters. The van der Waals surface area contributed by atoms with Crippen LogP contribution >= 0.6 is 0 Å². The molecule has 0 saturated carbocycles. The fourth-order valence-corrected chi connectivity index (χ4v) is 4.47. The van der Waals surface area contributed by atoms with Crippen molar-refractivity contribution in [2.45, 2.75) is 32.3 Å². The number of aromatic nitrogens is 4. The number of carbonyl (C=O) groups is 1. The quantitative estimate of drug-likeness (QED) is 0.651. The van der Waals surface area contributed by atoms with Gasteiger partial charge in [0.05, 0.1) is 11.4 Å². The highest BCUT2D eigenvalue weighted by Gasteiger charge is 2.31. The molecule has 8 nitrogen and oxygen atoms in total. The first-order valence-electron chi connectivity index (χ1n) is 10.9. The van der Waals surface area contributed by atoms with E-state index in [-0.39, 0.29) is 17.7 Å². The topological polar surface area (TPSA) is 87.2 Å². The van der Waals surface area contributed by atoms with Crippen molar-refractivity contribution in [2.24, 2.45) is 5.92 Å². The molecule has 3 aromatic heterocycles. The Hall–Kier alpha value is -3.30. The minimum absolute atomic E-state index is 0.00383. The van der Waals surface area contributed by atoms with Gasteiger partial charge in [0.1, 0.15) is 11.5 Å². The molecule has 168 valence electrons. The highest BCUT2D eigenvalue weighted by molar-refractivity contribution is 5.80. The number of nitrogens with zero attached hydrogens (tertiary/aromatic N) is 5. The molecule has 3 aromatic rings. The van der Waals surface area contributed by atoms with E-state index < -0.39 is 6.61 Å². The number of rotatable bonds is 5. The summed E-state index contributed by atoms with van der Waals surface area (Å²) in [5, 5.41) is 0. The van der Waals surface area contributed by atoms with Crippen LogP contribution in [0.25, 0.3) is 22.7 Å². The number of imidazole rings is 1. The van der Waals surface area contributed by atoms with Gasteiger partial charge in [-0.25, -0.2) is 15.0 Å². The number of alkyl halides is 2. The average molecular weight is 442 g/mol. The van der Waals surface area contributed by atoms with Gasteiger partial charge in [0.2, 0.25) is 11.8 Å². The standard InChI is InChI=1S/C22H24F2N6O2/c23-22(24)32-18-7-3-6-15(25-18)19-26-16-8-9-17(27-20(16)28-19)30-12-4-5-14(13-30)21(31)29-10-1-2-11-29/h3,6-9,14,22H,1-2,4-5,10-13H2,(H,26,27,28). The monoisotopic (exact) mass is 442 g/mol. The zero-order chi connectivity index (χ0) is 22.1. The largest absolute Gasteiger partial charge is 0.417 e. The van der Waals surface area contributed by atoms with Crippen LogP contribution in [0.1, 0.15) is 25.7 Å². The number of likely N-dealkylation sites (tertiary alicyclic amines) is 1. The lowest BCUT2D eigenvalue weighted by atomic mass is 9.96. The van der Waals surface area contributed by atoms with E-state index in [1.165, 1.54) is 6.07 Å². The van der Waals surface area contributed by atoms with Crippen molar-refractivity contribution in [1.82, 2.24) is 24.8 Å². The summed E-state index contributed by atoms with van der Waals surface area (Å²) in [4.78, 5) is 33.4. The van der Waals surface area contributed by atoms with Gasteiger partial charge < -0.3 is 19.5 Å². The van der Waals surface area contributed by atoms with Crippen LogP contribution in [-0.4, -0.2) is 63.5 Å². The van der Waals surface area contributed by atoms with E-state index in [1.54, 1.807) is 12.1 Å². The molecule has 0 spiro atoms. The Labute approximate surface area is 183 Å². The Morgan fingerprint density at radius 2 is 1.91 bits per heavy atom. The number of halogens is 2. The first-order chi connectivity index (χ1) is 15.6. The number of aromatic amines is 1. The summed E-state index contributed by atoms with van der Waals surface area (Å²) < 4.78 is 29.3. The Bertz CT molecular complexity index is 1110. The molecule has 5 rings (SSSR count). The smallest absolute Gasteiger partial charge is 0.388 e. The number of nitrogens with one attached hydrogen (secondary N) is 1. The minimum Gasteiger partial charge on any atom is -0.417 e. The van der Waals surface area contributed by atoms with Crippen LogP contribution in [0.3, 0.4) is 0 Å². The average Bonchev–Trinajstić information content (AvgIpc) is 3.48. The number of piperidine rings is 1. The number of anilines is 1. The van der Waals surface area contributed by atoms with Gasteiger partial charge in [0.15, 0.2) is 11.5 Å². The summed E-state index contributed by atoms with van der Waals surface area (Å²) in [6.45, 7) is 0.289. The van der Waals surface area contributed by atoms with Crippen LogP contribution in [0.5, 0.6) is 5.88 Å². The summed E-state index contributed by atoms with van der Waals surface area (Å²) in [6.07, 6.45) is 4.03. The van der Waals surface area contributed by atoms with Crippen molar-refractivity contribution in [2.75, 3.05) is 31.1 Å². The molecule has 5 heterocycles. The van der Waals surface area contributed by atoms with E-state index in [4.69, 9.17) is 0 Å². The van der Waals surface area contributed by atoms with Gasteiger partial charge in [0, 0.05) is 32.2 Å². The summed E-state index contributed by atoms with van der Waals surface area (Å²) in [5.41, 5.74) is 1.61. The molecule has 2 saturated heterocycles. The molecule has 32 heavy (non-hydrogen) atoms. The number of carbonyl (C=O) groups excluding carboxylic acids is 1. The van der Waals surface area contributed by atoms with Gasteiger partial charge in [-0.2, -0.15) is 8.78 Å². The molecule has 0 aliphatic carbocycles. The number of amides is 1. The maximum Gasteiger partial charge on any atom is 0.388 e. The van der Waals surface area contributed by atoms with E-state index in [2.05, 4.69) is 29.6 Å². The zero-order valence-electron chi connectivity index (χ0n) is 17.5. The molecule has 1 amide bonds. The Morgan fingerprint density at radius 1 is 1.06 bits per heavy atom. The maximum absolute atomic E-state index is 12.8. The van der Waals surface area contributed by atoms with E-state index in [0.717, 1.165) is 51.1 Å². The molecule has 0 radical (unpaired) electrons. The van der Waals surface area contributed by atoms with Crippen LogP contribution < -0.4 is 9.64 Å². The number of fused-ring (bicyclic) bond motifs is 1. The third kappa shape index (κ3) is 4.21. The van der Waals surface area contributed by atoms with Crippen molar-refractivity contribution in [3.8, 4) is 17.4 Å². The second-order valence-corrected chi connectivity index (χ2v) is 8.18. The van der Waals surface area contributed by atoms with Crippen molar-refractivity contribution in [3.05, 3.63) is 30.3 Å². The van der Waals surface area contributed by atoms with Crippen LogP contribution in [0, 0.1) is 5.92 Å². The zero-order valence-corrected chi connectivity index (χ0v) is 17.5. The van der Waals surface area contributed by atoms with Gasteiger partial charge in [-0.1, -0.05) is 6.07 Å². The summed E-state index contributed by atoms with van der Waals surface area (Å²) in [5.74, 6) is 1.28. The Balaban J connectivity index is 1.35. The summed E-state index contributed by atoms with van der Waals surface area (Å²) in [7, 11) is 0. The molecule has 0 aromatic carbocycles. The van der Waals surface area contributed by atoms with Crippen molar-refractivity contribution in [1.29, 1.82) is 0 Å². The molecule has 10 heteroatoms. The Kier molecular flexibility index (Phi) is 5.59. The van der Waals surface area contributed by atoms with E-state index >= 15 is 0 Å². The predicted molar refractivity (Wildman–Crippen MR) is 115 cm³/mol. The molecular formula is C22H24F2N6O2. The van der Waals surface area contributed by atoms with Gasteiger partial charge >= 0.3 is 6.61 Å². The van der Waals surface area contributed by atoms with Crippen LogP contribution in [0.2, 0.25) is 0 Å². The highest BCUT2D eigenvalue weighted by atomic mass is 19.3. The lowest BCUT2D eigenvalue weighted by molar-refractivity contribution is -0.134. The lowest BCUT2D eigenvalue weighted by Crippen LogP contribution is -2.44. The lowest BCUT2D eigenvalue weighted by Gasteiger charge is -2.34. The van der Waals surface area contributed by atoms with Gasteiger partial charge in [-0.3, -0.25) is 4.79 Å². The Morgan fingerprint density at radius 3 is 2.72 bits per heavy atom. The number of ether oxygens (including phenoxy) is 1. The molecule has 0 bridgehead atoms. The van der Waals surface area contributed by atoms with Crippen LogP contribution in [0.15, 0.2) is 30.3 Å². The third-order valence-corrected chi connectivity index (χ3v) is 6.02. The van der Waals surface area contributed by atoms with E-state index in [1.807, 2.05) is 17.0 Å². The number of H-pyrrole nitrogens is 1. The molecule has 2 aliphatic heterocycles. The molecular weight excluding hydrogens is 418 g/mol. The first-order valence-corrected chi connectivity index (χ1v) is 10.9.